The lowest BCUT2D eigenvalue weighted by Crippen LogP contribution is -2.18. The van der Waals surface area contributed by atoms with Crippen LogP contribution in [0.5, 0.6) is 0 Å². The first-order valence-electron chi connectivity index (χ1n) is 3.88. The summed E-state index contributed by atoms with van der Waals surface area (Å²) in [6, 6.07) is 4.86. The molecule has 6 heteroatoms. The average Bonchev–Trinajstić information content (AvgIpc) is 2.00. The Morgan fingerprint density at radius 3 is 2.86 bits per heavy atom. The number of rotatable bonds is 0. The first-order chi connectivity index (χ1) is 6.50. The Morgan fingerprint density at radius 2 is 2.14 bits per heavy atom. The zero-order valence-electron chi connectivity index (χ0n) is 7.28. The Balaban J connectivity index is 2.79. The van der Waals surface area contributed by atoms with E-state index in [-0.39, 0.29) is 9.92 Å². The van der Waals surface area contributed by atoms with Crippen LogP contribution in [0.15, 0.2) is 27.5 Å². The molecule has 0 saturated carbocycles. The molecule has 14 heavy (non-hydrogen) atoms. The number of benzene rings is 1. The molecule has 0 amide bonds. The fourth-order valence-electron chi connectivity index (χ4n) is 1.31. The number of sulfonamides is 1. The Hall–Kier alpha value is -1.07. The molecule has 0 atom stereocenters. The fraction of sp³-hybridized carbons (Fsp3) is 0.125. The second-order valence-electron chi connectivity index (χ2n) is 2.89. The zero-order valence-corrected chi connectivity index (χ0v) is 8.85. The number of hydrogen-bond donors (Lipinski definition) is 1. The van der Waals surface area contributed by atoms with Crippen molar-refractivity contribution < 1.29 is 8.42 Å². The molecule has 0 unspecified atom stereocenters. The van der Waals surface area contributed by atoms with Crippen LogP contribution in [0.3, 0.4) is 0 Å². The average molecular weight is 231 g/mol. The summed E-state index contributed by atoms with van der Waals surface area (Å²) in [6.45, 7) is 1.58. The normalized spacial score (nSPS) is 18.0. The van der Waals surface area contributed by atoms with Crippen LogP contribution in [-0.2, 0) is 10.0 Å². The van der Waals surface area contributed by atoms with Crippen molar-refractivity contribution in [3.63, 3.8) is 0 Å². The molecule has 0 radical (unpaired) electrons. The number of fused-ring (bicyclic) bond motifs is 1. The first-order valence-corrected chi connectivity index (χ1v) is 5.69. The Morgan fingerprint density at radius 1 is 1.43 bits per heavy atom. The largest absolute Gasteiger partial charge is 0.342 e. The van der Waals surface area contributed by atoms with E-state index in [1.54, 1.807) is 19.1 Å². The van der Waals surface area contributed by atoms with Gasteiger partial charge in [0.1, 0.15) is 10.7 Å². The maximum Gasteiger partial charge on any atom is 0.287 e. The summed E-state index contributed by atoms with van der Waals surface area (Å²) in [7, 11) is -3.63. The molecule has 1 aliphatic heterocycles. The smallest absolute Gasteiger partial charge is 0.287 e. The van der Waals surface area contributed by atoms with E-state index >= 15 is 0 Å². The summed E-state index contributed by atoms with van der Waals surface area (Å²) >= 11 is 5.79. The summed E-state index contributed by atoms with van der Waals surface area (Å²) in [5, 5.41) is 3.03. The van der Waals surface area contributed by atoms with E-state index in [1.807, 2.05) is 0 Å². The van der Waals surface area contributed by atoms with Crippen molar-refractivity contribution >= 4 is 33.1 Å². The number of halogens is 1. The number of nitrogens with zero attached hydrogens (tertiary/aromatic N) is 1. The minimum atomic E-state index is -3.63. The van der Waals surface area contributed by atoms with Gasteiger partial charge in [-0.15, -0.1) is 4.40 Å². The van der Waals surface area contributed by atoms with E-state index in [0.717, 1.165) is 0 Å². The van der Waals surface area contributed by atoms with Crippen molar-refractivity contribution in [3.8, 4) is 0 Å². The third kappa shape index (κ3) is 1.38. The molecule has 1 heterocycles. The van der Waals surface area contributed by atoms with Gasteiger partial charge in [-0.1, -0.05) is 17.7 Å². The second-order valence-corrected chi connectivity index (χ2v) is 4.84. The van der Waals surface area contributed by atoms with Crippen molar-refractivity contribution in [2.75, 3.05) is 5.32 Å². The maximum absolute atomic E-state index is 11.6. The molecular weight excluding hydrogens is 224 g/mol. The molecule has 4 nitrogen and oxygen atoms in total. The molecule has 74 valence electrons. The highest BCUT2D eigenvalue weighted by Crippen LogP contribution is 2.33. The van der Waals surface area contributed by atoms with Crippen LogP contribution in [0, 0.1) is 0 Å². The van der Waals surface area contributed by atoms with Crippen molar-refractivity contribution in [3.05, 3.63) is 23.2 Å². The predicted molar refractivity (Wildman–Crippen MR) is 55.4 cm³/mol. The second kappa shape index (κ2) is 2.96. The molecule has 0 saturated heterocycles. The van der Waals surface area contributed by atoms with Crippen LogP contribution in [0.1, 0.15) is 6.92 Å². The van der Waals surface area contributed by atoms with Crippen LogP contribution in [0.2, 0.25) is 5.02 Å². The molecule has 1 aromatic carbocycles. The van der Waals surface area contributed by atoms with Gasteiger partial charge >= 0.3 is 0 Å². The summed E-state index contributed by atoms with van der Waals surface area (Å²) in [5.74, 6) is 0.347. The van der Waals surface area contributed by atoms with E-state index < -0.39 is 10.0 Å². The van der Waals surface area contributed by atoms with Gasteiger partial charge in [0, 0.05) is 0 Å². The lowest BCUT2D eigenvalue weighted by atomic mass is 10.3. The predicted octanol–water partition coefficient (Wildman–Crippen LogP) is 1.87. The van der Waals surface area contributed by atoms with E-state index in [9.17, 15) is 8.42 Å². The van der Waals surface area contributed by atoms with Crippen molar-refractivity contribution in [2.24, 2.45) is 4.40 Å². The molecule has 0 aromatic heterocycles. The summed E-state index contributed by atoms with van der Waals surface area (Å²) in [6.07, 6.45) is 0. The van der Waals surface area contributed by atoms with Gasteiger partial charge in [-0.3, -0.25) is 0 Å². The number of amidine groups is 1. The monoisotopic (exact) mass is 230 g/mol. The van der Waals surface area contributed by atoms with Gasteiger partial charge in [0.2, 0.25) is 0 Å². The molecule has 2 rings (SSSR count). The molecule has 0 aliphatic carbocycles. The topological polar surface area (TPSA) is 58.5 Å². The van der Waals surface area contributed by atoms with Gasteiger partial charge in [0.25, 0.3) is 10.0 Å². The van der Waals surface area contributed by atoms with E-state index in [0.29, 0.717) is 11.5 Å². The summed E-state index contributed by atoms with van der Waals surface area (Å²) in [5.41, 5.74) is 0.477. The van der Waals surface area contributed by atoms with Crippen molar-refractivity contribution in [1.82, 2.24) is 0 Å². The maximum atomic E-state index is 11.6. The zero-order chi connectivity index (χ0) is 10.3. The standard InChI is InChI=1S/C8H7ClN2O2S/c1-5-10-7-4-2-3-6(9)8(7)14(12,13)11-5/h2-4H,1H3,(H,10,11). The number of anilines is 1. The van der Waals surface area contributed by atoms with Crippen molar-refractivity contribution in [2.45, 2.75) is 11.8 Å². The number of nitrogens with one attached hydrogen (secondary N) is 1. The highest BCUT2D eigenvalue weighted by atomic mass is 35.5. The van der Waals surface area contributed by atoms with Gasteiger partial charge in [-0.25, -0.2) is 0 Å². The first kappa shape index (κ1) is 9.48. The Bertz CT molecular complexity index is 522. The quantitative estimate of drug-likeness (QED) is 0.740. The molecule has 0 bridgehead atoms. The number of hydrogen-bond acceptors (Lipinski definition) is 3. The fourth-order valence-corrected chi connectivity index (χ4v) is 2.99. The third-order valence-corrected chi connectivity index (χ3v) is 3.69. The van der Waals surface area contributed by atoms with Crippen LogP contribution in [0.25, 0.3) is 0 Å². The SMILES string of the molecule is CC1=NS(=O)(=O)c2c(Cl)cccc2N1. The molecule has 0 fully saturated rings. The molecule has 1 N–H and O–H groups in total. The van der Waals surface area contributed by atoms with E-state index in [1.165, 1.54) is 6.07 Å². The summed E-state index contributed by atoms with van der Waals surface area (Å²) in [4.78, 5) is 0.0484. The molecule has 0 spiro atoms. The van der Waals surface area contributed by atoms with Gasteiger partial charge in [-0.2, -0.15) is 8.42 Å². The molecule has 1 aromatic rings. The highest BCUT2D eigenvalue weighted by Gasteiger charge is 2.25. The van der Waals surface area contributed by atoms with Gasteiger partial charge in [-0.05, 0) is 19.1 Å². The van der Waals surface area contributed by atoms with Crippen LogP contribution < -0.4 is 5.32 Å². The third-order valence-electron chi connectivity index (χ3n) is 1.80. The van der Waals surface area contributed by atoms with Gasteiger partial charge in [0.15, 0.2) is 0 Å². The van der Waals surface area contributed by atoms with Crippen molar-refractivity contribution in [1.29, 1.82) is 0 Å². The Labute approximate surface area is 86.7 Å². The molecular formula is C8H7ClN2O2S. The lowest BCUT2D eigenvalue weighted by Gasteiger charge is -2.16. The van der Waals surface area contributed by atoms with Gasteiger partial charge in [0.05, 0.1) is 10.7 Å². The Kier molecular flexibility index (Phi) is 2.01. The molecule has 1 aliphatic rings. The van der Waals surface area contributed by atoms with Crippen LogP contribution in [-0.4, -0.2) is 14.3 Å². The van der Waals surface area contributed by atoms with E-state index in [2.05, 4.69) is 9.71 Å². The highest BCUT2D eigenvalue weighted by molar-refractivity contribution is 7.90. The van der Waals surface area contributed by atoms with Crippen LogP contribution >= 0.6 is 11.6 Å². The van der Waals surface area contributed by atoms with Crippen LogP contribution in [0.4, 0.5) is 5.69 Å². The summed E-state index contributed by atoms with van der Waals surface area (Å²) < 4.78 is 26.7. The minimum absolute atomic E-state index is 0.0484. The van der Waals surface area contributed by atoms with Gasteiger partial charge < -0.3 is 5.32 Å². The lowest BCUT2D eigenvalue weighted by molar-refractivity contribution is 0.598. The van der Waals surface area contributed by atoms with E-state index in [4.69, 9.17) is 11.6 Å². The minimum Gasteiger partial charge on any atom is -0.342 e.